The van der Waals surface area contributed by atoms with Crippen molar-refractivity contribution in [2.24, 2.45) is 0 Å². The molecule has 1 fully saturated rings. The second-order valence-electron chi connectivity index (χ2n) is 5.78. The molecule has 1 aromatic rings. The molecule has 1 aromatic heterocycles. The van der Waals surface area contributed by atoms with Crippen molar-refractivity contribution >= 4 is 12.1 Å². The van der Waals surface area contributed by atoms with Gasteiger partial charge in [-0.2, -0.15) is 0 Å². The zero-order valence-corrected chi connectivity index (χ0v) is 12.2. The number of amides is 1. The van der Waals surface area contributed by atoms with Gasteiger partial charge in [-0.05, 0) is 32.9 Å². The summed E-state index contributed by atoms with van der Waals surface area (Å²) in [4.78, 5) is 28.0. The predicted octanol–water partition coefficient (Wildman–Crippen LogP) is 1.78. The molecule has 1 amide bonds. The van der Waals surface area contributed by atoms with E-state index in [9.17, 15) is 9.59 Å². The number of carbonyl (C=O) groups excluding carboxylic acids is 1. The Morgan fingerprint density at radius 1 is 1.38 bits per heavy atom. The molecule has 2 heterocycles. The van der Waals surface area contributed by atoms with Crippen molar-refractivity contribution in [3.8, 4) is 5.75 Å². The molecule has 0 aromatic carbocycles. The highest BCUT2D eigenvalue weighted by Crippen LogP contribution is 2.22. The molecule has 1 aliphatic rings. The molecule has 7 nitrogen and oxygen atoms in total. The van der Waals surface area contributed by atoms with Crippen molar-refractivity contribution in [2.45, 2.75) is 32.5 Å². The SMILES string of the molecule is CC(C)(C)OC(=O)N1CC(Oc2cccnc2C(=O)O)C1. The van der Waals surface area contributed by atoms with Crippen LogP contribution in [0, 0.1) is 0 Å². The van der Waals surface area contributed by atoms with Crippen molar-refractivity contribution in [3.63, 3.8) is 0 Å². The van der Waals surface area contributed by atoms with Gasteiger partial charge < -0.3 is 19.5 Å². The second kappa shape index (κ2) is 5.59. The molecule has 114 valence electrons. The summed E-state index contributed by atoms with van der Waals surface area (Å²) in [6.45, 7) is 6.13. The quantitative estimate of drug-likeness (QED) is 0.914. The molecule has 1 aliphatic heterocycles. The summed E-state index contributed by atoms with van der Waals surface area (Å²) in [6, 6.07) is 3.15. The highest BCUT2D eigenvalue weighted by atomic mass is 16.6. The average molecular weight is 294 g/mol. The molecule has 0 radical (unpaired) electrons. The van der Waals surface area contributed by atoms with Gasteiger partial charge in [0.15, 0.2) is 11.4 Å². The molecule has 1 N–H and O–H groups in total. The Hall–Kier alpha value is -2.31. The first-order chi connectivity index (χ1) is 9.76. The highest BCUT2D eigenvalue weighted by Gasteiger charge is 2.35. The number of ether oxygens (including phenoxy) is 2. The van der Waals surface area contributed by atoms with Crippen LogP contribution in [0.15, 0.2) is 18.3 Å². The maximum Gasteiger partial charge on any atom is 0.410 e. The Morgan fingerprint density at radius 2 is 2.05 bits per heavy atom. The summed E-state index contributed by atoms with van der Waals surface area (Å²) < 4.78 is 10.8. The number of carboxylic acid groups (broad SMARTS) is 1. The van der Waals surface area contributed by atoms with E-state index in [0.29, 0.717) is 13.1 Å². The van der Waals surface area contributed by atoms with E-state index < -0.39 is 17.7 Å². The van der Waals surface area contributed by atoms with Crippen LogP contribution in [0.2, 0.25) is 0 Å². The summed E-state index contributed by atoms with van der Waals surface area (Å²) in [7, 11) is 0. The van der Waals surface area contributed by atoms with Crippen molar-refractivity contribution in [1.82, 2.24) is 9.88 Å². The van der Waals surface area contributed by atoms with Crippen LogP contribution in [0.25, 0.3) is 0 Å². The standard InChI is InChI=1S/C14H18N2O5/c1-14(2,3)21-13(19)16-7-9(8-16)20-10-5-4-6-15-11(10)12(17)18/h4-6,9H,7-8H2,1-3H3,(H,17,18). The third-order valence-corrected chi connectivity index (χ3v) is 2.77. The molecule has 2 rings (SSSR count). The summed E-state index contributed by atoms with van der Waals surface area (Å²) in [5.41, 5.74) is -0.670. The van der Waals surface area contributed by atoms with Gasteiger partial charge in [-0.15, -0.1) is 0 Å². The number of likely N-dealkylation sites (tertiary alicyclic amines) is 1. The smallest absolute Gasteiger partial charge is 0.410 e. The third kappa shape index (κ3) is 3.84. The maximum atomic E-state index is 11.8. The summed E-state index contributed by atoms with van der Waals surface area (Å²) in [6.07, 6.45) is 0.746. The van der Waals surface area contributed by atoms with Crippen molar-refractivity contribution in [2.75, 3.05) is 13.1 Å². The van der Waals surface area contributed by atoms with E-state index in [1.807, 2.05) is 0 Å². The lowest BCUT2D eigenvalue weighted by atomic mass is 10.1. The molecule has 0 spiro atoms. The predicted molar refractivity (Wildman–Crippen MR) is 73.4 cm³/mol. The molecule has 0 unspecified atom stereocenters. The summed E-state index contributed by atoms with van der Waals surface area (Å²) in [5, 5.41) is 9.01. The lowest BCUT2D eigenvalue weighted by Crippen LogP contribution is -2.57. The normalized spacial score (nSPS) is 15.3. The Morgan fingerprint density at radius 3 is 2.62 bits per heavy atom. The van der Waals surface area contributed by atoms with E-state index in [4.69, 9.17) is 14.6 Å². The van der Waals surface area contributed by atoms with Gasteiger partial charge in [0, 0.05) is 6.20 Å². The maximum absolute atomic E-state index is 11.8. The topological polar surface area (TPSA) is 89.0 Å². The fraction of sp³-hybridized carbons (Fsp3) is 0.500. The number of aromatic carboxylic acids is 1. The monoisotopic (exact) mass is 294 g/mol. The van der Waals surface area contributed by atoms with Crippen LogP contribution < -0.4 is 4.74 Å². The molecule has 0 bridgehead atoms. The molecule has 1 saturated heterocycles. The Labute approximate surface area is 122 Å². The first-order valence-electron chi connectivity index (χ1n) is 6.59. The van der Waals surface area contributed by atoms with E-state index in [1.165, 1.54) is 11.1 Å². The number of hydrogen-bond acceptors (Lipinski definition) is 5. The molecular formula is C14H18N2O5. The average Bonchev–Trinajstić information content (AvgIpc) is 2.31. The van der Waals surface area contributed by atoms with Crippen molar-refractivity contribution < 1.29 is 24.2 Å². The minimum absolute atomic E-state index is 0.131. The van der Waals surface area contributed by atoms with Gasteiger partial charge in [0.05, 0.1) is 13.1 Å². The fourth-order valence-corrected chi connectivity index (χ4v) is 1.81. The summed E-state index contributed by atoms with van der Waals surface area (Å²) >= 11 is 0. The Kier molecular flexibility index (Phi) is 4.02. The molecule has 0 atom stereocenters. The van der Waals surface area contributed by atoms with Gasteiger partial charge in [0.25, 0.3) is 0 Å². The lowest BCUT2D eigenvalue weighted by molar-refractivity contribution is -0.0225. The number of carbonyl (C=O) groups is 2. The first kappa shape index (κ1) is 15.1. The van der Waals surface area contributed by atoms with Crippen molar-refractivity contribution in [1.29, 1.82) is 0 Å². The Bertz CT molecular complexity index is 547. The van der Waals surface area contributed by atoms with E-state index in [0.717, 1.165) is 0 Å². The number of hydrogen-bond donors (Lipinski definition) is 1. The van der Waals surface area contributed by atoms with Crippen LogP contribution in [-0.4, -0.2) is 51.8 Å². The van der Waals surface area contributed by atoms with Crippen LogP contribution in [0.4, 0.5) is 4.79 Å². The summed E-state index contributed by atoms with van der Waals surface area (Å²) in [5.74, 6) is -0.937. The van der Waals surface area contributed by atoms with E-state index in [-0.39, 0.29) is 17.5 Å². The number of pyridine rings is 1. The molecule has 0 saturated carbocycles. The van der Waals surface area contributed by atoms with Gasteiger partial charge in [-0.1, -0.05) is 0 Å². The lowest BCUT2D eigenvalue weighted by Gasteiger charge is -2.39. The van der Waals surface area contributed by atoms with Crippen LogP contribution >= 0.6 is 0 Å². The molecule has 21 heavy (non-hydrogen) atoms. The van der Waals surface area contributed by atoms with E-state index in [2.05, 4.69) is 4.98 Å². The fourth-order valence-electron chi connectivity index (χ4n) is 1.81. The number of rotatable bonds is 3. The molecule has 0 aliphatic carbocycles. The first-order valence-corrected chi connectivity index (χ1v) is 6.59. The van der Waals surface area contributed by atoms with Gasteiger partial charge in [-0.3, -0.25) is 0 Å². The van der Waals surface area contributed by atoms with Gasteiger partial charge >= 0.3 is 12.1 Å². The molecule has 7 heteroatoms. The number of carboxylic acids is 1. The highest BCUT2D eigenvalue weighted by molar-refractivity contribution is 5.88. The van der Waals surface area contributed by atoms with Crippen LogP contribution in [0.3, 0.4) is 0 Å². The third-order valence-electron chi connectivity index (χ3n) is 2.77. The Balaban J connectivity index is 1.89. The zero-order valence-electron chi connectivity index (χ0n) is 12.2. The van der Waals surface area contributed by atoms with Crippen LogP contribution in [-0.2, 0) is 4.74 Å². The van der Waals surface area contributed by atoms with Crippen LogP contribution in [0.1, 0.15) is 31.3 Å². The van der Waals surface area contributed by atoms with Crippen LogP contribution in [0.5, 0.6) is 5.75 Å². The largest absolute Gasteiger partial charge is 0.484 e. The minimum atomic E-state index is -1.14. The second-order valence-corrected chi connectivity index (χ2v) is 5.78. The number of aromatic nitrogens is 1. The number of nitrogens with zero attached hydrogens (tertiary/aromatic N) is 2. The van der Waals surface area contributed by atoms with E-state index in [1.54, 1.807) is 32.9 Å². The van der Waals surface area contributed by atoms with Gasteiger partial charge in [-0.25, -0.2) is 14.6 Å². The van der Waals surface area contributed by atoms with Gasteiger partial charge in [0.2, 0.25) is 0 Å². The van der Waals surface area contributed by atoms with Crippen molar-refractivity contribution in [3.05, 3.63) is 24.0 Å². The van der Waals surface area contributed by atoms with Gasteiger partial charge in [0.1, 0.15) is 11.7 Å². The zero-order chi connectivity index (χ0) is 15.6. The molecular weight excluding hydrogens is 276 g/mol. The minimum Gasteiger partial charge on any atom is -0.484 e. The van der Waals surface area contributed by atoms with E-state index >= 15 is 0 Å².